The molecule has 1 unspecified atom stereocenters. The van der Waals surface area contributed by atoms with Crippen molar-refractivity contribution >= 4 is 35.1 Å². The summed E-state index contributed by atoms with van der Waals surface area (Å²) in [5.41, 5.74) is 5.10. The molecule has 0 fully saturated rings. The van der Waals surface area contributed by atoms with E-state index in [-0.39, 0.29) is 18.0 Å². The average Bonchev–Trinajstić information content (AvgIpc) is 3.38. The number of esters is 1. The number of carbonyl (C=O) groups excluding carboxylic acids is 1. The van der Waals surface area contributed by atoms with Crippen molar-refractivity contribution in [2.24, 2.45) is 4.99 Å². The van der Waals surface area contributed by atoms with Crippen LogP contribution in [0.5, 0.6) is 0 Å². The highest BCUT2D eigenvalue weighted by Crippen LogP contribution is 2.31. The molecule has 0 saturated carbocycles. The molecule has 0 N–H and O–H groups in total. The molecule has 0 bridgehead atoms. The maximum atomic E-state index is 13.9. The molecule has 0 spiro atoms. The molecular weight excluding hydrogens is 533 g/mol. The fourth-order valence-corrected chi connectivity index (χ4v) is 6.40. The Morgan fingerprint density at radius 2 is 1.82 bits per heavy atom. The van der Waals surface area contributed by atoms with Gasteiger partial charge in [0.15, 0.2) is 4.80 Å². The van der Waals surface area contributed by atoms with Crippen LogP contribution in [0.3, 0.4) is 0 Å². The van der Waals surface area contributed by atoms with E-state index in [1.54, 1.807) is 42.3 Å². The molecule has 9 heteroatoms. The summed E-state index contributed by atoms with van der Waals surface area (Å²) in [5.74, 6) is -0.771. The number of aryl methyl sites for hydroxylation is 1. The normalized spacial score (nSPS) is 15.3. The first-order valence-corrected chi connectivity index (χ1v) is 14.6. The molecule has 0 aliphatic carbocycles. The SMILES string of the molecule is CCOC(=O)C1=C(C)N=c2sc(=Cc3cc(C)n(-c4ccc(F)cc4)c3C)c(=O)n2C1c1ccc(SC)cc1. The van der Waals surface area contributed by atoms with Gasteiger partial charge in [-0.2, -0.15) is 0 Å². The van der Waals surface area contributed by atoms with Gasteiger partial charge in [-0.15, -0.1) is 11.8 Å². The average molecular weight is 562 g/mol. The maximum absolute atomic E-state index is 13.9. The van der Waals surface area contributed by atoms with Gasteiger partial charge in [0.2, 0.25) is 0 Å². The Balaban J connectivity index is 1.68. The molecule has 0 radical (unpaired) electrons. The molecule has 2 aromatic carbocycles. The summed E-state index contributed by atoms with van der Waals surface area (Å²) in [7, 11) is 0. The smallest absolute Gasteiger partial charge is 0.338 e. The maximum Gasteiger partial charge on any atom is 0.338 e. The summed E-state index contributed by atoms with van der Waals surface area (Å²) in [5, 5.41) is 0. The molecule has 200 valence electrons. The number of carbonyl (C=O) groups is 1. The van der Waals surface area contributed by atoms with Crippen LogP contribution in [0, 0.1) is 19.7 Å². The fraction of sp³-hybridized carbons (Fsp3) is 0.233. The molecular formula is C30H28FN3O3S2. The quantitative estimate of drug-likeness (QED) is 0.244. The van der Waals surface area contributed by atoms with Crippen molar-refractivity contribution in [1.29, 1.82) is 0 Å². The van der Waals surface area contributed by atoms with Crippen LogP contribution in [0.4, 0.5) is 4.39 Å². The van der Waals surface area contributed by atoms with Gasteiger partial charge in [0.25, 0.3) is 5.56 Å². The number of aromatic nitrogens is 2. The predicted molar refractivity (Wildman–Crippen MR) is 154 cm³/mol. The summed E-state index contributed by atoms with van der Waals surface area (Å²) in [4.78, 5) is 33.3. The zero-order valence-electron chi connectivity index (χ0n) is 22.3. The Kier molecular flexibility index (Phi) is 7.46. The van der Waals surface area contributed by atoms with Crippen LogP contribution in [-0.4, -0.2) is 28.0 Å². The molecule has 1 atom stereocenters. The predicted octanol–water partition coefficient (Wildman–Crippen LogP) is 5.07. The second-order valence-corrected chi connectivity index (χ2v) is 11.1. The third kappa shape index (κ3) is 4.92. The Hall–Kier alpha value is -3.69. The minimum atomic E-state index is -0.648. The highest BCUT2D eigenvalue weighted by molar-refractivity contribution is 7.98. The van der Waals surface area contributed by atoms with Crippen LogP contribution in [0.15, 0.2) is 80.5 Å². The molecule has 0 amide bonds. The lowest BCUT2D eigenvalue weighted by atomic mass is 9.96. The summed E-state index contributed by atoms with van der Waals surface area (Å²) in [6.45, 7) is 7.71. The lowest BCUT2D eigenvalue weighted by Gasteiger charge is -2.24. The summed E-state index contributed by atoms with van der Waals surface area (Å²) in [6, 6.07) is 15.5. The van der Waals surface area contributed by atoms with Crippen molar-refractivity contribution in [3.8, 4) is 5.69 Å². The van der Waals surface area contributed by atoms with E-state index in [1.165, 1.54) is 23.5 Å². The first kappa shape index (κ1) is 26.9. The molecule has 6 nitrogen and oxygen atoms in total. The number of hydrogen-bond acceptors (Lipinski definition) is 6. The van der Waals surface area contributed by atoms with Crippen molar-refractivity contribution in [3.63, 3.8) is 0 Å². The Morgan fingerprint density at radius 3 is 2.46 bits per heavy atom. The van der Waals surface area contributed by atoms with Crippen molar-refractivity contribution in [2.75, 3.05) is 12.9 Å². The van der Waals surface area contributed by atoms with Crippen LogP contribution in [0.1, 0.15) is 42.4 Å². The van der Waals surface area contributed by atoms with Gasteiger partial charge in [0, 0.05) is 22.0 Å². The van der Waals surface area contributed by atoms with Crippen molar-refractivity contribution in [3.05, 3.63) is 114 Å². The van der Waals surface area contributed by atoms with E-state index in [2.05, 4.69) is 4.99 Å². The number of halogens is 1. The second kappa shape index (κ2) is 10.8. The minimum absolute atomic E-state index is 0.224. The number of rotatable bonds is 6. The first-order valence-electron chi connectivity index (χ1n) is 12.5. The van der Waals surface area contributed by atoms with E-state index in [0.717, 1.165) is 33.1 Å². The van der Waals surface area contributed by atoms with Crippen LogP contribution in [0.2, 0.25) is 0 Å². The topological polar surface area (TPSA) is 65.6 Å². The van der Waals surface area contributed by atoms with Crippen molar-refractivity contribution in [2.45, 2.75) is 38.6 Å². The van der Waals surface area contributed by atoms with E-state index >= 15 is 0 Å². The van der Waals surface area contributed by atoms with Gasteiger partial charge in [-0.1, -0.05) is 23.5 Å². The van der Waals surface area contributed by atoms with E-state index in [4.69, 9.17) is 4.74 Å². The molecule has 3 heterocycles. The van der Waals surface area contributed by atoms with E-state index in [1.807, 2.05) is 61.1 Å². The van der Waals surface area contributed by atoms with Gasteiger partial charge >= 0.3 is 5.97 Å². The van der Waals surface area contributed by atoms with Crippen molar-refractivity contribution < 1.29 is 13.9 Å². The molecule has 0 saturated heterocycles. The first-order chi connectivity index (χ1) is 18.7. The van der Waals surface area contributed by atoms with E-state index < -0.39 is 12.0 Å². The highest BCUT2D eigenvalue weighted by Gasteiger charge is 2.33. The van der Waals surface area contributed by atoms with E-state index in [9.17, 15) is 14.0 Å². The summed E-state index contributed by atoms with van der Waals surface area (Å²) < 4.78 is 23.0. The highest BCUT2D eigenvalue weighted by atomic mass is 32.2. The van der Waals surface area contributed by atoms with Crippen LogP contribution < -0.4 is 14.9 Å². The van der Waals surface area contributed by atoms with Gasteiger partial charge in [-0.05, 0) is 93.6 Å². The summed E-state index contributed by atoms with van der Waals surface area (Å²) in [6.07, 6.45) is 3.86. The molecule has 1 aliphatic heterocycles. The lowest BCUT2D eigenvalue weighted by Crippen LogP contribution is -2.39. The molecule has 4 aromatic rings. The van der Waals surface area contributed by atoms with Gasteiger partial charge in [0.1, 0.15) is 5.82 Å². The van der Waals surface area contributed by atoms with Crippen molar-refractivity contribution in [1.82, 2.24) is 9.13 Å². The number of allylic oxidation sites excluding steroid dienone is 1. The third-order valence-electron chi connectivity index (χ3n) is 6.79. The number of hydrogen-bond donors (Lipinski definition) is 0. The molecule has 1 aliphatic rings. The Labute approximate surface area is 233 Å². The Bertz CT molecular complexity index is 1780. The van der Waals surface area contributed by atoms with Gasteiger partial charge in [-0.3, -0.25) is 9.36 Å². The van der Waals surface area contributed by atoms with Gasteiger partial charge in [0.05, 0.1) is 28.5 Å². The zero-order valence-corrected chi connectivity index (χ0v) is 24.0. The molecule has 39 heavy (non-hydrogen) atoms. The van der Waals surface area contributed by atoms with Gasteiger partial charge < -0.3 is 9.30 Å². The standard InChI is InChI=1S/C30H28FN3O3S2/c1-6-37-29(36)26-18(3)32-30-34(27(26)20-7-13-24(38-5)14-8-20)28(35)25(39-30)16-21-15-17(2)33(19(21)4)23-11-9-22(31)10-12-23/h7-16,27H,6H2,1-5H3. The van der Waals surface area contributed by atoms with Crippen LogP contribution >= 0.6 is 23.1 Å². The third-order valence-corrected chi connectivity index (χ3v) is 8.52. The zero-order chi connectivity index (χ0) is 27.8. The largest absolute Gasteiger partial charge is 0.463 e. The van der Waals surface area contributed by atoms with Crippen LogP contribution in [0.25, 0.3) is 11.8 Å². The van der Waals surface area contributed by atoms with E-state index in [0.29, 0.717) is 20.6 Å². The number of benzene rings is 2. The Morgan fingerprint density at radius 1 is 1.13 bits per heavy atom. The second-order valence-electron chi connectivity index (χ2n) is 9.21. The lowest BCUT2D eigenvalue weighted by molar-refractivity contribution is -0.139. The summed E-state index contributed by atoms with van der Waals surface area (Å²) >= 11 is 2.92. The monoisotopic (exact) mass is 561 g/mol. The van der Waals surface area contributed by atoms with Gasteiger partial charge in [-0.25, -0.2) is 14.2 Å². The fourth-order valence-electron chi connectivity index (χ4n) is 4.96. The number of thiazole rings is 1. The molecule has 2 aromatic heterocycles. The number of ether oxygens (including phenoxy) is 1. The number of thioether (sulfide) groups is 1. The number of fused-ring (bicyclic) bond motifs is 1. The van der Waals surface area contributed by atoms with Crippen LogP contribution in [-0.2, 0) is 9.53 Å². The molecule has 5 rings (SSSR count). The minimum Gasteiger partial charge on any atom is -0.463 e. The number of nitrogens with zero attached hydrogens (tertiary/aromatic N) is 3.